The first-order valence-electron chi connectivity index (χ1n) is 9.09. The molecule has 25 heavy (non-hydrogen) atoms. The van der Waals surface area contributed by atoms with Crippen molar-refractivity contribution in [1.29, 1.82) is 0 Å². The molecule has 0 aliphatic rings. The van der Waals surface area contributed by atoms with Crippen molar-refractivity contribution >= 4 is 10.9 Å². The zero-order valence-electron chi connectivity index (χ0n) is 15.3. The van der Waals surface area contributed by atoms with E-state index in [1.807, 2.05) is 19.1 Å². The molecule has 2 aromatic carbocycles. The Morgan fingerprint density at radius 2 is 1.72 bits per heavy atom. The van der Waals surface area contributed by atoms with Gasteiger partial charge in [-0.05, 0) is 54.5 Å². The molecule has 0 saturated carbocycles. The predicted octanol–water partition coefficient (Wildman–Crippen LogP) is 5.60. The summed E-state index contributed by atoms with van der Waals surface area (Å²) >= 11 is 0. The second-order valence-corrected chi connectivity index (χ2v) is 6.50. The zero-order valence-corrected chi connectivity index (χ0v) is 15.3. The normalized spacial score (nSPS) is 13.7. The summed E-state index contributed by atoms with van der Waals surface area (Å²) < 4.78 is 13.9. The van der Waals surface area contributed by atoms with E-state index < -0.39 is 0 Å². The lowest BCUT2D eigenvalue weighted by atomic mass is 9.99. The van der Waals surface area contributed by atoms with E-state index in [0.717, 1.165) is 18.7 Å². The molecule has 2 atom stereocenters. The van der Waals surface area contributed by atoms with E-state index >= 15 is 0 Å². The molecule has 2 unspecified atom stereocenters. The maximum Gasteiger partial charge on any atom is 0.197 e. The van der Waals surface area contributed by atoms with Gasteiger partial charge in [0.15, 0.2) is 6.29 Å². The number of ether oxygens (including phenoxy) is 2. The van der Waals surface area contributed by atoms with E-state index in [2.05, 4.69) is 67.1 Å². The van der Waals surface area contributed by atoms with Crippen LogP contribution < -0.4 is 4.74 Å². The van der Waals surface area contributed by atoms with Gasteiger partial charge in [-0.15, -0.1) is 0 Å². The number of rotatable bonds is 8. The van der Waals surface area contributed by atoms with Crippen molar-refractivity contribution in [1.82, 2.24) is 4.57 Å². The molecule has 1 heterocycles. The molecule has 0 aliphatic heterocycles. The lowest BCUT2D eigenvalue weighted by Crippen LogP contribution is -2.19. The van der Waals surface area contributed by atoms with Gasteiger partial charge in [-0.3, -0.25) is 0 Å². The maximum absolute atomic E-state index is 5.86. The summed E-state index contributed by atoms with van der Waals surface area (Å²) in [6.07, 6.45) is 2.98. The van der Waals surface area contributed by atoms with Gasteiger partial charge in [-0.1, -0.05) is 44.2 Å². The van der Waals surface area contributed by atoms with E-state index in [-0.39, 0.29) is 6.29 Å². The van der Waals surface area contributed by atoms with Gasteiger partial charge in [0.25, 0.3) is 0 Å². The van der Waals surface area contributed by atoms with Crippen LogP contribution in [0.15, 0.2) is 60.8 Å². The third-order valence-corrected chi connectivity index (χ3v) is 4.73. The third kappa shape index (κ3) is 4.43. The molecule has 0 radical (unpaired) electrons. The maximum atomic E-state index is 5.86. The monoisotopic (exact) mass is 337 g/mol. The van der Waals surface area contributed by atoms with Crippen LogP contribution in [0.3, 0.4) is 0 Å². The number of nitrogens with zero attached hydrogens (tertiary/aromatic N) is 1. The highest BCUT2D eigenvalue weighted by Gasteiger charge is 2.07. The van der Waals surface area contributed by atoms with E-state index in [0.29, 0.717) is 12.5 Å². The van der Waals surface area contributed by atoms with E-state index in [9.17, 15) is 0 Å². The fourth-order valence-corrected chi connectivity index (χ4v) is 2.99. The first-order chi connectivity index (χ1) is 12.2. The Bertz CT molecular complexity index is 791. The molecule has 3 aromatic rings. The smallest absolute Gasteiger partial charge is 0.197 e. The van der Waals surface area contributed by atoms with Gasteiger partial charge in [-0.25, -0.2) is 0 Å². The van der Waals surface area contributed by atoms with Crippen molar-refractivity contribution < 1.29 is 9.47 Å². The van der Waals surface area contributed by atoms with E-state index in [4.69, 9.17) is 9.47 Å². The number of para-hydroxylation sites is 1. The highest BCUT2D eigenvalue weighted by atomic mass is 16.7. The molecule has 0 spiro atoms. The summed E-state index contributed by atoms with van der Waals surface area (Å²) in [5.41, 5.74) is 2.59. The summed E-state index contributed by atoms with van der Waals surface area (Å²) in [7, 11) is 0. The summed E-state index contributed by atoms with van der Waals surface area (Å²) in [4.78, 5) is 0. The average molecular weight is 337 g/mol. The molecular formula is C22H27NO2. The third-order valence-electron chi connectivity index (χ3n) is 4.73. The largest absolute Gasteiger partial charge is 0.465 e. The molecule has 0 N–H and O–H groups in total. The molecule has 0 bridgehead atoms. The molecule has 0 aliphatic carbocycles. The summed E-state index contributed by atoms with van der Waals surface area (Å²) in [6, 6.07) is 18.9. The van der Waals surface area contributed by atoms with Gasteiger partial charge < -0.3 is 14.0 Å². The Labute approximate surface area is 150 Å². The molecular weight excluding hydrogens is 310 g/mol. The van der Waals surface area contributed by atoms with Gasteiger partial charge in [0.1, 0.15) is 5.75 Å². The lowest BCUT2D eigenvalue weighted by Gasteiger charge is -2.17. The Hall–Kier alpha value is -2.26. The minimum atomic E-state index is -0.267. The van der Waals surface area contributed by atoms with Crippen LogP contribution in [0.25, 0.3) is 10.9 Å². The van der Waals surface area contributed by atoms with Gasteiger partial charge in [0.2, 0.25) is 0 Å². The lowest BCUT2D eigenvalue weighted by molar-refractivity contribution is -0.0688. The fraction of sp³-hybridized carbons (Fsp3) is 0.364. The van der Waals surface area contributed by atoms with Crippen molar-refractivity contribution in [3.05, 3.63) is 66.4 Å². The van der Waals surface area contributed by atoms with E-state index in [1.54, 1.807) is 0 Å². The van der Waals surface area contributed by atoms with Crippen LogP contribution >= 0.6 is 0 Å². The quantitative estimate of drug-likeness (QED) is 0.500. The topological polar surface area (TPSA) is 23.4 Å². The average Bonchev–Trinajstić information content (AvgIpc) is 3.05. The van der Waals surface area contributed by atoms with Crippen molar-refractivity contribution in [2.24, 2.45) is 0 Å². The number of fused-ring (bicyclic) bond motifs is 1. The van der Waals surface area contributed by atoms with Crippen LogP contribution in [0.2, 0.25) is 0 Å². The van der Waals surface area contributed by atoms with Crippen LogP contribution in [0.1, 0.15) is 38.7 Å². The molecule has 3 nitrogen and oxygen atoms in total. The number of hydrogen-bond acceptors (Lipinski definition) is 2. The van der Waals surface area contributed by atoms with Gasteiger partial charge in [-0.2, -0.15) is 0 Å². The molecule has 0 fully saturated rings. The van der Waals surface area contributed by atoms with Crippen molar-refractivity contribution in [3.63, 3.8) is 0 Å². The molecule has 1 aromatic heterocycles. The second-order valence-electron chi connectivity index (χ2n) is 6.50. The van der Waals surface area contributed by atoms with Crippen molar-refractivity contribution in [2.45, 2.75) is 45.9 Å². The minimum Gasteiger partial charge on any atom is -0.465 e. The van der Waals surface area contributed by atoms with Gasteiger partial charge in [0.05, 0.1) is 6.61 Å². The van der Waals surface area contributed by atoms with Crippen LogP contribution in [-0.4, -0.2) is 17.5 Å². The number of aromatic nitrogens is 1. The Balaban J connectivity index is 1.48. The van der Waals surface area contributed by atoms with Crippen LogP contribution in [0.5, 0.6) is 5.75 Å². The standard InChI is InChI=1S/C22H27NO2/c1-4-17(2)19-9-11-21(12-10-19)25-18(3)24-16-15-23-14-13-20-7-5-6-8-22(20)23/h5-14,17-18H,4,15-16H2,1-3H3. The van der Waals surface area contributed by atoms with Crippen molar-refractivity contribution in [3.8, 4) is 5.75 Å². The Morgan fingerprint density at radius 3 is 2.48 bits per heavy atom. The van der Waals surface area contributed by atoms with Gasteiger partial charge in [0, 0.05) is 18.3 Å². The number of benzene rings is 2. The molecule has 3 heteroatoms. The van der Waals surface area contributed by atoms with Crippen LogP contribution in [0, 0.1) is 0 Å². The first-order valence-corrected chi connectivity index (χ1v) is 9.09. The SMILES string of the molecule is CCC(C)c1ccc(OC(C)OCCn2ccc3ccccc32)cc1. The molecule has 3 rings (SSSR count). The van der Waals surface area contributed by atoms with Crippen molar-refractivity contribution in [2.75, 3.05) is 6.61 Å². The fourth-order valence-electron chi connectivity index (χ4n) is 2.99. The first kappa shape index (κ1) is 17.6. The molecule has 0 amide bonds. The summed E-state index contributed by atoms with van der Waals surface area (Å²) in [5, 5.41) is 1.26. The molecule has 132 valence electrons. The Morgan fingerprint density at radius 1 is 0.960 bits per heavy atom. The highest BCUT2D eigenvalue weighted by molar-refractivity contribution is 5.79. The Kier molecular flexibility index (Phi) is 5.77. The van der Waals surface area contributed by atoms with E-state index in [1.165, 1.54) is 16.5 Å². The summed E-state index contributed by atoms with van der Waals surface area (Å²) in [6.45, 7) is 7.82. The molecule has 0 saturated heterocycles. The highest BCUT2D eigenvalue weighted by Crippen LogP contribution is 2.22. The predicted molar refractivity (Wildman–Crippen MR) is 103 cm³/mol. The van der Waals surface area contributed by atoms with Gasteiger partial charge >= 0.3 is 0 Å². The minimum absolute atomic E-state index is 0.267. The summed E-state index contributed by atoms with van der Waals surface area (Å²) in [5.74, 6) is 1.44. The van der Waals surface area contributed by atoms with Crippen LogP contribution in [0.4, 0.5) is 0 Å². The van der Waals surface area contributed by atoms with Crippen LogP contribution in [-0.2, 0) is 11.3 Å². The zero-order chi connectivity index (χ0) is 17.6. The second kappa shape index (κ2) is 8.21. The number of hydrogen-bond donors (Lipinski definition) is 0.